The van der Waals surface area contributed by atoms with Gasteiger partial charge in [-0.2, -0.15) is 0 Å². The summed E-state index contributed by atoms with van der Waals surface area (Å²) in [6.07, 6.45) is 5.12. The van der Waals surface area contributed by atoms with Crippen LogP contribution in [-0.2, 0) is 16.0 Å². The summed E-state index contributed by atoms with van der Waals surface area (Å²) in [4.78, 5) is 18.8. The number of para-hydroxylation sites is 1. The normalized spacial score (nSPS) is 16.2. The van der Waals surface area contributed by atoms with Crippen molar-refractivity contribution in [3.05, 3.63) is 42.1 Å². The first-order valence-corrected chi connectivity index (χ1v) is 9.15. The third-order valence-corrected chi connectivity index (χ3v) is 4.79. The number of hydrogen-bond acceptors (Lipinski definition) is 4. The maximum Gasteiger partial charge on any atom is 0.246 e. The van der Waals surface area contributed by atoms with Gasteiger partial charge in [0.05, 0.1) is 12.1 Å². The summed E-state index contributed by atoms with van der Waals surface area (Å²) < 4.78 is 5.58. The second-order valence-corrected chi connectivity index (χ2v) is 6.70. The minimum Gasteiger partial charge on any atom is -0.370 e. The molecule has 1 aliphatic heterocycles. The van der Waals surface area contributed by atoms with E-state index in [9.17, 15) is 4.79 Å². The fraction of sp³-hybridized carbons (Fsp3) is 0.500. The van der Waals surface area contributed by atoms with E-state index in [-0.39, 0.29) is 12.5 Å². The summed E-state index contributed by atoms with van der Waals surface area (Å²) in [5, 5.41) is 4.06. The molecule has 1 amide bonds. The summed E-state index contributed by atoms with van der Waals surface area (Å²) >= 11 is 0. The number of likely N-dealkylation sites (tertiary alicyclic amines) is 1. The molecule has 0 saturated carbocycles. The van der Waals surface area contributed by atoms with Crippen molar-refractivity contribution in [3.63, 3.8) is 0 Å². The van der Waals surface area contributed by atoms with Crippen LogP contribution in [0.2, 0.25) is 0 Å². The van der Waals surface area contributed by atoms with Crippen LogP contribution in [0.15, 0.2) is 36.5 Å². The number of carbonyl (C=O) groups excluding carboxylic acids is 1. The Morgan fingerprint density at radius 3 is 2.92 bits per heavy atom. The van der Waals surface area contributed by atoms with E-state index in [4.69, 9.17) is 4.74 Å². The molecule has 1 aromatic heterocycles. The summed E-state index contributed by atoms with van der Waals surface area (Å²) in [5.74, 6) is -0.0539. The van der Waals surface area contributed by atoms with Gasteiger partial charge in [-0.05, 0) is 50.9 Å². The quantitative estimate of drug-likeness (QED) is 0.801. The number of amides is 1. The Labute approximate surface area is 149 Å². The maximum atomic E-state index is 11.9. The van der Waals surface area contributed by atoms with Crippen LogP contribution in [0.25, 0.3) is 10.9 Å². The standard InChI is InChI=1S/C20H27N3O2/c1-16(23-12-2-3-13-23)14-25-15-19(24)21-11-9-18-7-4-6-17-8-5-10-22-20(17)18/h4-8,10,16H,2-3,9,11-15H2,1H3,(H,21,24). The van der Waals surface area contributed by atoms with Crippen molar-refractivity contribution in [3.8, 4) is 0 Å². The molecule has 1 unspecified atom stereocenters. The highest BCUT2D eigenvalue weighted by molar-refractivity contribution is 5.81. The largest absolute Gasteiger partial charge is 0.370 e. The lowest BCUT2D eigenvalue weighted by molar-refractivity contribution is -0.126. The number of pyridine rings is 1. The zero-order valence-electron chi connectivity index (χ0n) is 14.9. The first kappa shape index (κ1) is 17.8. The Morgan fingerprint density at radius 2 is 2.08 bits per heavy atom. The smallest absolute Gasteiger partial charge is 0.246 e. The van der Waals surface area contributed by atoms with Gasteiger partial charge in [0.2, 0.25) is 5.91 Å². The minimum atomic E-state index is -0.0539. The van der Waals surface area contributed by atoms with Gasteiger partial charge in [-0.25, -0.2) is 0 Å². The highest BCUT2D eigenvalue weighted by Crippen LogP contribution is 2.16. The lowest BCUT2D eigenvalue weighted by Crippen LogP contribution is -2.36. The van der Waals surface area contributed by atoms with Gasteiger partial charge in [0.25, 0.3) is 0 Å². The molecular weight excluding hydrogens is 314 g/mol. The molecule has 1 aromatic carbocycles. The average molecular weight is 341 g/mol. The summed E-state index contributed by atoms with van der Waals surface area (Å²) in [5.41, 5.74) is 2.16. The minimum absolute atomic E-state index is 0.0539. The summed E-state index contributed by atoms with van der Waals surface area (Å²) in [7, 11) is 0. The van der Waals surface area contributed by atoms with Gasteiger partial charge in [0.1, 0.15) is 6.61 Å². The molecule has 25 heavy (non-hydrogen) atoms. The number of rotatable bonds is 8. The molecular formula is C20H27N3O2. The Hall–Kier alpha value is -1.98. The van der Waals surface area contributed by atoms with Gasteiger partial charge in [0, 0.05) is 24.2 Å². The van der Waals surface area contributed by atoms with E-state index in [1.807, 2.05) is 12.1 Å². The van der Waals surface area contributed by atoms with E-state index in [2.05, 4.69) is 40.3 Å². The topological polar surface area (TPSA) is 54.5 Å². The highest BCUT2D eigenvalue weighted by Gasteiger charge is 2.18. The van der Waals surface area contributed by atoms with E-state index < -0.39 is 0 Å². The lowest BCUT2D eigenvalue weighted by Gasteiger charge is -2.23. The molecule has 1 saturated heterocycles. The van der Waals surface area contributed by atoms with Crippen LogP contribution in [0.4, 0.5) is 0 Å². The molecule has 1 aliphatic rings. The number of benzene rings is 1. The van der Waals surface area contributed by atoms with Crippen LogP contribution < -0.4 is 5.32 Å². The van der Waals surface area contributed by atoms with Gasteiger partial charge >= 0.3 is 0 Å². The first-order valence-electron chi connectivity index (χ1n) is 9.15. The molecule has 0 bridgehead atoms. The van der Waals surface area contributed by atoms with Crippen molar-refractivity contribution in [1.29, 1.82) is 0 Å². The second kappa shape index (κ2) is 8.92. The van der Waals surface area contributed by atoms with Crippen LogP contribution in [0.5, 0.6) is 0 Å². The fourth-order valence-electron chi connectivity index (χ4n) is 3.37. The molecule has 1 N–H and O–H groups in total. The Kier molecular flexibility index (Phi) is 6.36. The lowest BCUT2D eigenvalue weighted by atomic mass is 10.1. The van der Waals surface area contributed by atoms with Gasteiger partial charge in [-0.1, -0.05) is 24.3 Å². The van der Waals surface area contributed by atoms with Crippen molar-refractivity contribution < 1.29 is 9.53 Å². The molecule has 0 aliphatic carbocycles. The summed E-state index contributed by atoms with van der Waals surface area (Å²) in [6.45, 7) is 5.80. The number of hydrogen-bond donors (Lipinski definition) is 1. The number of carbonyl (C=O) groups is 1. The zero-order chi connectivity index (χ0) is 17.5. The van der Waals surface area contributed by atoms with Crippen LogP contribution in [0.1, 0.15) is 25.3 Å². The third-order valence-electron chi connectivity index (χ3n) is 4.79. The molecule has 5 heteroatoms. The Bertz CT molecular complexity index is 693. The molecule has 2 heterocycles. The molecule has 2 aromatic rings. The van der Waals surface area contributed by atoms with Gasteiger partial charge in [0.15, 0.2) is 0 Å². The molecule has 1 atom stereocenters. The molecule has 0 spiro atoms. The van der Waals surface area contributed by atoms with Crippen LogP contribution in [0, 0.1) is 0 Å². The van der Waals surface area contributed by atoms with E-state index in [0.717, 1.165) is 36.0 Å². The maximum absolute atomic E-state index is 11.9. The van der Waals surface area contributed by atoms with E-state index in [1.165, 1.54) is 12.8 Å². The Morgan fingerprint density at radius 1 is 1.28 bits per heavy atom. The van der Waals surface area contributed by atoms with Gasteiger partial charge in [-0.3, -0.25) is 14.7 Å². The molecule has 134 valence electrons. The third kappa shape index (κ3) is 5.00. The molecule has 1 fully saturated rings. The molecule has 5 nitrogen and oxygen atoms in total. The number of nitrogens with one attached hydrogen (secondary N) is 1. The molecule has 0 radical (unpaired) electrons. The Balaban J connectivity index is 1.37. The van der Waals surface area contributed by atoms with Crippen molar-refractivity contribution >= 4 is 16.8 Å². The number of ether oxygens (including phenoxy) is 1. The SMILES string of the molecule is CC(COCC(=O)NCCc1cccc2cccnc12)N1CCCC1. The van der Waals surface area contributed by atoms with E-state index in [0.29, 0.717) is 19.2 Å². The second-order valence-electron chi connectivity index (χ2n) is 6.70. The first-order chi connectivity index (χ1) is 12.2. The van der Waals surface area contributed by atoms with Gasteiger partial charge < -0.3 is 10.1 Å². The van der Waals surface area contributed by atoms with Gasteiger partial charge in [-0.15, -0.1) is 0 Å². The van der Waals surface area contributed by atoms with Crippen LogP contribution in [0.3, 0.4) is 0 Å². The van der Waals surface area contributed by atoms with Crippen molar-refractivity contribution in [2.75, 3.05) is 32.8 Å². The van der Waals surface area contributed by atoms with E-state index >= 15 is 0 Å². The van der Waals surface area contributed by atoms with E-state index in [1.54, 1.807) is 6.20 Å². The number of fused-ring (bicyclic) bond motifs is 1. The predicted octanol–water partition coefficient (Wildman–Crippen LogP) is 2.39. The molecule has 3 rings (SSSR count). The predicted molar refractivity (Wildman–Crippen MR) is 99.5 cm³/mol. The van der Waals surface area contributed by atoms with Crippen LogP contribution >= 0.6 is 0 Å². The number of nitrogens with zero attached hydrogens (tertiary/aromatic N) is 2. The monoisotopic (exact) mass is 341 g/mol. The van der Waals surface area contributed by atoms with Crippen LogP contribution in [-0.4, -0.2) is 54.7 Å². The zero-order valence-corrected chi connectivity index (χ0v) is 14.9. The van der Waals surface area contributed by atoms with Crippen molar-refractivity contribution in [1.82, 2.24) is 15.2 Å². The summed E-state index contributed by atoms with van der Waals surface area (Å²) in [6, 6.07) is 10.5. The van der Waals surface area contributed by atoms with Crippen molar-refractivity contribution in [2.45, 2.75) is 32.2 Å². The highest BCUT2D eigenvalue weighted by atomic mass is 16.5. The fourth-order valence-corrected chi connectivity index (χ4v) is 3.37. The number of aromatic nitrogens is 1. The average Bonchev–Trinajstić information content (AvgIpc) is 3.17. The van der Waals surface area contributed by atoms with Crippen molar-refractivity contribution in [2.24, 2.45) is 0 Å².